The number of piperidine rings is 1. The fraction of sp³-hybridized carbons (Fsp3) is 0.778. The second-order valence-electron chi connectivity index (χ2n) is 3.67. The van der Waals surface area contributed by atoms with Crippen LogP contribution in [0.4, 0.5) is 0 Å². The van der Waals surface area contributed by atoms with Gasteiger partial charge in [-0.25, -0.2) is 0 Å². The third-order valence-corrected chi connectivity index (χ3v) is 2.71. The molecular weight excluding hydrogens is 168 g/mol. The van der Waals surface area contributed by atoms with E-state index in [4.69, 9.17) is 0 Å². The highest BCUT2D eigenvalue weighted by molar-refractivity contribution is 5.81. The van der Waals surface area contributed by atoms with Crippen molar-refractivity contribution in [2.45, 2.75) is 38.3 Å². The summed E-state index contributed by atoms with van der Waals surface area (Å²) in [5.41, 5.74) is 0. The summed E-state index contributed by atoms with van der Waals surface area (Å²) in [6.45, 7) is 0.809. The Kier molecular flexibility index (Phi) is 2.20. The predicted octanol–water partition coefficient (Wildman–Crippen LogP) is 0.235. The van der Waals surface area contributed by atoms with E-state index >= 15 is 0 Å². The highest BCUT2D eigenvalue weighted by atomic mass is 16.2. The summed E-state index contributed by atoms with van der Waals surface area (Å²) in [6.07, 6.45) is 4.04. The van der Waals surface area contributed by atoms with E-state index in [1.165, 1.54) is 0 Å². The van der Waals surface area contributed by atoms with Gasteiger partial charge in [0, 0.05) is 19.4 Å². The summed E-state index contributed by atoms with van der Waals surface area (Å²) >= 11 is 0. The van der Waals surface area contributed by atoms with E-state index in [9.17, 15) is 9.59 Å². The molecule has 1 unspecified atom stereocenters. The molecule has 2 aliphatic heterocycles. The maximum absolute atomic E-state index is 11.5. The van der Waals surface area contributed by atoms with Crippen LogP contribution in [0.5, 0.6) is 0 Å². The van der Waals surface area contributed by atoms with Crippen molar-refractivity contribution >= 4 is 11.8 Å². The number of hydrogen-bond donors (Lipinski definition) is 1. The molecule has 2 rings (SSSR count). The van der Waals surface area contributed by atoms with Crippen molar-refractivity contribution in [1.29, 1.82) is 0 Å². The molecule has 1 atom stereocenters. The van der Waals surface area contributed by atoms with Gasteiger partial charge in [0.25, 0.3) is 0 Å². The first-order chi connectivity index (χ1) is 6.27. The minimum absolute atomic E-state index is 0.0136. The fourth-order valence-electron chi connectivity index (χ4n) is 1.99. The van der Waals surface area contributed by atoms with E-state index in [0.29, 0.717) is 12.8 Å². The van der Waals surface area contributed by atoms with E-state index in [1.54, 1.807) is 0 Å². The van der Waals surface area contributed by atoms with Gasteiger partial charge < -0.3 is 10.2 Å². The first-order valence-corrected chi connectivity index (χ1v) is 4.86. The van der Waals surface area contributed by atoms with Crippen molar-refractivity contribution in [3.63, 3.8) is 0 Å². The van der Waals surface area contributed by atoms with Gasteiger partial charge in [-0.2, -0.15) is 0 Å². The average molecular weight is 182 g/mol. The monoisotopic (exact) mass is 182 g/mol. The zero-order valence-electron chi connectivity index (χ0n) is 7.58. The first kappa shape index (κ1) is 8.53. The molecule has 0 aliphatic carbocycles. The van der Waals surface area contributed by atoms with Crippen molar-refractivity contribution in [2.24, 2.45) is 0 Å². The number of nitrogens with one attached hydrogen (secondary N) is 1. The standard InChI is InChI=1S/C9H14N2O2/c12-8-5-4-7(10-8)11-6-2-1-3-9(11)13/h7H,1-6H2,(H,10,12). The van der Waals surface area contributed by atoms with Gasteiger partial charge in [-0.3, -0.25) is 9.59 Å². The maximum Gasteiger partial charge on any atom is 0.224 e. The van der Waals surface area contributed by atoms with Gasteiger partial charge >= 0.3 is 0 Å². The lowest BCUT2D eigenvalue weighted by Gasteiger charge is -2.31. The van der Waals surface area contributed by atoms with E-state index in [0.717, 1.165) is 25.8 Å². The van der Waals surface area contributed by atoms with Gasteiger partial charge in [0.2, 0.25) is 11.8 Å². The lowest BCUT2D eigenvalue weighted by Crippen LogP contribution is -2.48. The summed E-state index contributed by atoms with van der Waals surface area (Å²) in [7, 11) is 0. The quantitative estimate of drug-likeness (QED) is 0.631. The Labute approximate surface area is 77.3 Å². The van der Waals surface area contributed by atoms with Crippen LogP contribution in [-0.4, -0.2) is 29.4 Å². The Balaban J connectivity index is 1.98. The molecule has 0 aromatic heterocycles. The number of amides is 2. The third-order valence-electron chi connectivity index (χ3n) is 2.71. The predicted molar refractivity (Wildman–Crippen MR) is 46.7 cm³/mol. The van der Waals surface area contributed by atoms with Crippen molar-refractivity contribution in [1.82, 2.24) is 10.2 Å². The van der Waals surface area contributed by atoms with Gasteiger partial charge in [-0.1, -0.05) is 0 Å². The molecule has 2 aliphatic rings. The number of carbonyl (C=O) groups excluding carboxylic acids is 2. The first-order valence-electron chi connectivity index (χ1n) is 4.86. The molecule has 4 heteroatoms. The molecule has 2 amide bonds. The van der Waals surface area contributed by atoms with Crippen LogP contribution < -0.4 is 5.32 Å². The molecular formula is C9H14N2O2. The smallest absolute Gasteiger partial charge is 0.224 e. The van der Waals surface area contributed by atoms with E-state index in [-0.39, 0.29) is 18.0 Å². The Morgan fingerprint density at radius 1 is 1.23 bits per heavy atom. The SMILES string of the molecule is O=C1CCC(N2CCCCC2=O)N1. The van der Waals surface area contributed by atoms with Crippen LogP contribution >= 0.6 is 0 Å². The van der Waals surface area contributed by atoms with Gasteiger partial charge in [0.15, 0.2) is 0 Å². The average Bonchev–Trinajstić information content (AvgIpc) is 2.53. The van der Waals surface area contributed by atoms with E-state index in [1.807, 2.05) is 4.90 Å². The Morgan fingerprint density at radius 3 is 2.69 bits per heavy atom. The lowest BCUT2D eigenvalue weighted by molar-refractivity contribution is -0.136. The summed E-state index contributed by atoms with van der Waals surface area (Å²) < 4.78 is 0. The molecule has 0 saturated carbocycles. The minimum Gasteiger partial charge on any atom is -0.336 e. The van der Waals surface area contributed by atoms with Crippen LogP contribution in [-0.2, 0) is 9.59 Å². The Morgan fingerprint density at radius 2 is 2.08 bits per heavy atom. The molecule has 2 fully saturated rings. The summed E-state index contributed by atoms with van der Waals surface area (Å²) in [5, 5.41) is 2.82. The topological polar surface area (TPSA) is 49.4 Å². The molecule has 1 N–H and O–H groups in total. The minimum atomic E-state index is -0.0136. The molecule has 72 valence electrons. The highest BCUT2D eigenvalue weighted by Crippen LogP contribution is 2.18. The molecule has 13 heavy (non-hydrogen) atoms. The van der Waals surface area contributed by atoms with Gasteiger partial charge in [-0.05, 0) is 19.3 Å². The lowest BCUT2D eigenvalue weighted by atomic mass is 10.1. The van der Waals surface area contributed by atoms with Crippen LogP contribution in [0.15, 0.2) is 0 Å². The van der Waals surface area contributed by atoms with Crippen LogP contribution in [0.25, 0.3) is 0 Å². The summed E-state index contributed by atoms with van der Waals surface area (Å²) in [6, 6.07) is 0. The largest absolute Gasteiger partial charge is 0.336 e. The van der Waals surface area contributed by atoms with Gasteiger partial charge in [0.1, 0.15) is 6.17 Å². The highest BCUT2D eigenvalue weighted by Gasteiger charge is 2.30. The summed E-state index contributed by atoms with van der Waals surface area (Å²) in [5.74, 6) is 0.266. The normalized spacial score (nSPS) is 29.2. The number of likely N-dealkylation sites (tertiary alicyclic amines) is 1. The fourth-order valence-corrected chi connectivity index (χ4v) is 1.99. The molecule has 2 saturated heterocycles. The van der Waals surface area contributed by atoms with Crippen molar-refractivity contribution in [3.05, 3.63) is 0 Å². The second-order valence-corrected chi connectivity index (χ2v) is 3.67. The zero-order chi connectivity index (χ0) is 9.26. The number of nitrogens with zero attached hydrogens (tertiary/aromatic N) is 1. The Hall–Kier alpha value is -1.06. The molecule has 0 radical (unpaired) electrons. The molecule has 0 spiro atoms. The molecule has 0 bridgehead atoms. The third kappa shape index (κ3) is 1.66. The van der Waals surface area contributed by atoms with Crippen LogP contribution in [0.1, 0.15) is 32.1 Å². The molecule has 0 aromatic rings. The van der Waals surface area contributed by atoms with Crippen molar-refractivity contribution in [2.75, 3.05) is 6.54 Å². The van der Waals surface area contributed by atoms with E-state index in [2.05, 4.69) is 5.32 Å². The Bertz CT molecular complexity index is 240. The van der Waals surface area contributed by atoms with Gasteiger partial charge in [0.05, 0.1) is 0 Å². The van der Waals surface area contributed by atoms with Crippen LogP contribution in [0.2, 0.25) is 0 Å². The summed E-state index contributed by atoms with van der Waals surface area (Å²) in [4.78, 5) is 24.2. The van der Waals surface area contributed by atoms with E-state index < -0.39 is 0 Å². The molecule has 2 heterocycles. The van der Waals surface area contributed by atoms with Crippen molar-refractivity contribution < 1.29 is 9.59 Å². The maximum atomic E-state index is 11.5. The number of hydrogen-bond acceptors (Lipinski definition) is 2. The number of carbonyl (C=O) groups is 2. The van der Waals surface area contributed by atoms with Gasteiger partial charge in [-0.15, -0.1) is 0 Å². The number of rotatable bonds is 1. The van der Waals surface area contributed by atoms with Crippen molar-refractivity contribution in [3.8, 4) is 0 Å². The zero-order valence-corrected chi connectivity index (χ0v) is 7.58. The molecule has 0 aromatic carbocycles. The van der Waals surface area contributed by atoms with Crippen LogP contribution in [0.3, 0.4) is 0 Å². The second kappa shape index (κ2) is 3.36. The molecule has 4 nitrogen and oxygen atoms in total. The van der Waals surface area contributed by atoms with Crippen LogP contribution in [0, 0.1) is 0 Å².